The number of aromatic nitrogens is 1. The Morgan fingerprint density at radius 3 is 2.79 bits per heavy atom. The maximum absolute atomic E-state index is 12.7. The summed E-state index contributed by atoms with van der Waals surface area (Å²) in [6, 6.07) is 9.77. The highest BCUT2D eigenvalue weighted by atomic mass is 16.5. The van der Waals surface area contributed by atoms with Gasteiger partial charge in [0.25, 0.3) is 0 Å². The maximum Gasteiger partial charge on any atom is 0.223 e. The first-order valence-corrected chi connectivity index (χ1v) is 10.4. The molecule has 2 saturated heterocycles. The van der Waals surface area contributed by atoms with Gasteiger partial charge in [-0.15, -0.1) is 0 Å². The fourth-order valence-corrected chi connectivity index (χ4v) is 4.22. The number of carbonyl (C=O) groups is 1. The largest absolute Gasteiger partial charge is 0.497 e. The highest BCUT2D eigenvalue weighted by molar-refractivity contribution is 5.76. The van der Waals surface area contributed by atoms with Crippen molar-refractivity contribution in [1.82, 2.24) is 15.4 Å². The Balaban J connectivity index is 1.39. The van der Waals surface area contributed by atoms with Crippen molar-refractivity contribution in [2.24, 2.45) is 11.8 Å². The molecule has 0 radical (unpaired) electrons. The molecule has 29 heavy (non-hydrogen) atoms. The molecular weight excluding hydrogens is 370 g/mol. The third-order valence-corrected chi connectivity index (χ3v) is 5.97. The van der Waals surface area contributed by atoms with Crippen molar-refractivity contribution in [3.8, 4) is 17.1 Å². The maximum atomic E-state index is 12.7. The quantitative estimate of drug-likeness (QED) is 0.804. The minimum atomic E-state index is 0.254. The molecule has 156 valence electrons. The SMILES string of the molecule is COc1ccc(-c2cc(CC3CNCCC3CC(=O)N3CCOCC3)no2)cc1. The molecule has 1 aromatic carbocycles. The third kappa shape index (κ3) is 4.97. The lowest BCUT2D eigenvalue weighted by Crippen LogP contribution is -2.44. The molecule has 3 heterocycles. The topological polar surface area (TPSA) is 76.8 Å². The summed E-state index contributed by atoms with van der Waals surface area (Å²) in [5.41, 5.74) is 1.92. The predicted octanol–water partition coefficient (Wildman–Crippen LogP) is 2.37. The Morgan fingerprint density at radius 1 is 1.24 bits per heavy atom. The highest BCUT2D eigenvalue weighted by Gasteiger charge is 2.30. The van der Waals surface area contributed by atoms with Gasteiger partial charge >= 0.3 is 0 Å². The summed E-state index contributed by atoms with van der Waals surface area (Å²) in [5, 5.41) is 7.76. The number of methoxy groups -OCH3 is 1. The molecule has 2 aliphatic heterocycles. The normalized spacial score (nSPS) is 22.4. The number of hydrogen-bond donors (Lipinski definition) is 1. The van der Waals surface area contributed by atoms with Gasteiger partial charge in [-0.2, -0.15) is 0 Å². The number of rotatable bonds is 6. The van der Waals surface area contributed by atoms with Crippen LogP contribution in [0.25, 0.3) is 11.3 Å². The van der Waals surface area contributed by atoms with Gasteiger partial charge in [0.05, 0.1) is 26.0 Å². The van der Waals surface area contributed by atoms with Crippen LogP contribution in [0.3, 0.4) is 0 Å². The lowest BCUT2D eigenvalue weighted by Gasteiger charge is -2.34. The van der Waals surface area contributed by atoms with E-state index in [0.29, 0.717) is 44.6 Å². The second-order valence-electron chi connectivity index (χ2n) is 7.83. The van der Waals surface area contributed by atoms with E-state index in [0.717, 1.165) is 48.7 Å². The fourth-order valence-electron chi connectivity index (χ4n) is 4.22. The van der Waals surface area contributed by atoms with Crippen LogP contribution in [-0.4, -0.2) is 62.5 Å². The molecule has 0 bridgehead atoms. The van der Waals surface area contributed by atoms with Gasteiger partial charge in [0.15, 0.2) is 5.76 Å². The van der Waals surface area contributed by atoms with Crippen LogP contribution in [0.2, 0.25) is 0 Å². The second kappa shape index (κ2) is 9.41. The van der Waals surface area contributed by atoms with Crippen molar-refractivity contribution in [2.45, 2.75) is 19.3 Å². The monoisotopic (exact) mass is 399 g/mol. The number of piperidine rings is 1. The molecule has 0 spiro atoms. The number of nitrogens with one attached hydrogen (secondary N) is 1. The van der Waals surface area contributed by atoms with Crippen molar-refractivity contribution in [2.75, 3.05) is 46.5 Å². The van der Waals surface area contributed by atoms with Gasteiger partial charge in [-0.1, -0.05) is 5.16 Å². The van der Waals surface area contributed by atoms with E-state index in [1.54, 1.807) is 7.11 Å². The van der Waals surface area contributed by atoms with Gasteiger partial charge in [-0.25, -0.2) is 0 Å². The van der Waals surface area contributed by atoms with E-state index in [2.05, 4.69) is 10.5 Å². The van der Waals surface area contributed by atoms with Crippen LogP contribution in [0.4, 0.5) is 0 Å². The molecule has 1 aromatic heterocycles. The van der Waals surface area contributed by atoms with Gasteiger partial charge in [-0.05, 0) is 62.0 Å². The van der Waals surface area contributed by atoms with E-state index in [1.807, 2.05) is 35.2 Å². The van der Waals surface area contributed by atoms with Crippen molar-refractivity contribution in [3.63, 3.8) is 0 Å². The number of hydrogen-bond acceptors (Lipinski definition) is 6. The Hall–Kier alpha value is -2.38. The summed E-state index contributed by atoms with van der Waals surface area (Å²) in [6.07, 6.45) is 2.44. The minimum Gasteiger partial charge on any atom is -0.497 e. The third-order valence-electron chi connectivity index (χ3n) is 5.97. The van der Waals surface area contributed by atoms with Crippen LogP contribution in [0.1, 0.15) is 18.5 Å². The van der Waals surface area contributed by atoms with Crippen LogP contribution in [-0.2, 0) is 16.0 Å². The molecule has 7 heteroatoms. The predicted molar refractivity (Wildman–Crippen MR) is 109 cm³/mol. The number of carbonyl (C=O) groups excluding carboxylic acids is 1. The number of amides is 1. The summed E-state index contributed by atoms with van der Waals surface area (Å²) >= 11 is 0. The molecule has 2 fully saturated rings. The van der Waals surface area contributed by atoms with E-state index in [4.69, 9.17) is 14.0 Å². The molecule has 0 aliphatic carbocycles. The molecule has 2 atom stereocenters. The summed E-state index contributed by atoms with van der Waals surface area (Å²) in [7, 11) is 1.65. The van der Waals surface area contributed by atoms with E-state index in [9.17, 15) is 4.79 Å². The fraction of sp³-hybridized carbons (Fsp3) is 0.545. The lowest BCUT2D eigenvalue weighted by molar-refractivity contribution is -0.136. The van der Waals surface area contributed by atoms with Crippen LogP contribution >= 0.6 is 0 Å². The van der Waals surface area contributed by atoms with Crippen molar-refractivity contribution >= 4 is 5.91 Å². The Morgan fingerprint density at radius 2 is 2.03 bits per heavy atom. The zero-order valence-electron chi connectivity index (χ0n) is 16.9. The Kier molecular flexibility index (Phi) is 6.46. The van der Waals surface area contributed by atoms with Crippen LogP contribution in [0.15, 0.2) is 34.9 Å². The molecule has 1 amide bonds. The first-order chi connectivity index (χ1) is 14.2. The van der Waals surface area contributed by atoms with E-state index in [1.165, 1.54) is 0 Å². The van der Waals surface area contributed by atoms with Gasteiger partial charge < -0.3 is 24.2 Å². The van der Waals surface area contributed by atoms with Crippen molar-refractivity contribution in [1.29, 1.82) is 0 Å². The summed E-state index contributed by atoms with van der Waals surface area (Å²) in [5.74, 6) is 2.57. The van der Waals surface area contributed by atoms with Crippen LogP contribution in [0.5, 0.6) is 5.75 Å². The molecule has 2 aliphatic rings. The highest BCUT2D eigenvalue weighted by Crippen LogP contribution is 2.29. The molecule has 0 saturated carbocycles. The minimum absolute atomic E-state index is 0.254. The molecule has 1 N–H and O–H groups in total. The Labute approximate surface area is 171 Å². The van der Waals surface area contributed by atoms with Gasteiger partial charge in [-0.3, -0.25) is 4.79 Å². The summed E-state index contributed by atoms with van der Waals surface area (Å²) in [4.78, 5) is 14.7. The van der Waals surface area contributed by atoms with E-state index in [-0.39, 0.29) is 5.91 Å². The molecule has 7 nitrogen and oxygen atoms in total. The second-order valence-corrected chi connectivity index (χ2v) is 7.83. The van der Waals surface area contributed by atoms with E-state index >= 15 is 0 Å². The summed E-state index contributed by atoms with van der Waals surface area (Å²) in [6.45, 7) is 4.59. The first kappa shape index (κ1) is 19.9. The summed E-state index contributed by atoms with van der Waals surface area (Å²) < 4.78 is 16.1. The average molecular weight is 399 g/mol. The number of morpholine rings is 1. The lowest BCUT2D eigenvalue weighted by atomic mass is 9.81. The molecule has 2 unspecified atom stereocenters. The van der Waals surface area contributed by atoms with Crippen LogP contribution in [0, 0.1) is 11.8 Å². The average Bonchev–Trinajstić information content (AvgIpc) is 3.24. The van der Waals surface area contributed by atoms with Gasteiger partial charge in [0.1, 0.15) is 5.75 Å². The first-order valence-electron chi connectivity index (χ1n) is 10.4. The van der Waals surface area contributed by atoms with Gasteiger partial charge in [0.2, 0.25) is 5.91 Å². The van der Waals surface area contributed by atoms with E-state index < -0.39 is 0 Å². The molecule has 2 aromatic rings. The number of nitrogens with zero attached hydrogens (tertiary/aromatic N) is 2. The number of benzene rings is 1. The van der Waals surface area contributed by atoms with Gasteiger partial charge in [0, 0.05) is 31.1 Å². The van der Waals surface area contributed by atoms with Crippen molar-refractivity contribution in [3.05, 3.63) is 36.0 Å². The smallest absolute Gasteiger partial charge is 0.223 e. The number of ether oxygens (including phenoxy) is 2. The zero-order valence-corrected chi connectivity index (χ0v) is 16.9. The van der Waals surface area contributed by atoms with Crippen molar-refractivity contribution < 1.29 is 18.8 Å². The molecule has 4 rings (SSSR count). The molecular formula is C22H29N3O4. The zero-order chi connectivity index (χ0) is 20.1. The Bertz CT molecular complexity index is 799. The van der Waals surface area contributed by atoms with Crippen LogP contribution < -0.4 is 10.1 Å². The standard InChI is InChI=1S/C22H29N3O4/c1-27-20-4-2-16(3-5-20)21-14-19(24-29-21)12-18-15-23-7-6-17(18)13-22(26)25-8-10-28-11-9-25/h2-5,14,17-18,23H,6-13,15H2,1H3.